The molecule has 0 aliphatic rings. The fraction of sp³-hybridized carbons (Fsp3) is 0.679. The average Bonchev–Trinajstić information content (AvgIpc) is 2.72. The summed E-state index contributed by atoms with van der Waals surface area (Å²) in [5.74, 6) is -0.342. The molecule has 1 aromatic rings. The third-order valence-corrected chi connectivity index (χ3v) is 5.51. The minimum Gasteiger partial charge on any atom is -0.444 e. The van der Waals surface area contributed by atoms with Crippen molar-refractivity contribution in [2.24, 2.45) is 5.92 Å². The van der Waals surface area contributed by atoms with Gasteiger partial charge < -0.3 is 20.3 Å². The minimum absolute atomic E-state index is 0.00891. The lowest BCUT2D eigenvalue weighted by atomic mass is 9.98. The van der Waals surface area contributed by atoms with E-state index in [9.17, 15) is 14.4 Å². The topological polar surface area (TPSA) is 87.7 Å². The number of hydrogen-bond donors (Lipinski definition) is 2. The van der Waals surface area contributed by atoms with Gasteiger partial charge in [0.1, 0.15) is 17.7 Å². The largest absolute Gasteiger partial charge is 0.444 e. The first-order valence-electron chi connectivity index (χ1n) is 13.0. The molecule has 3 unspecified atom stereocenters. The van der Waals surface area contributed by atoms with E-state index in [0.717, 1.165) is 24.0 Å². The van der Waals surface area contributed by atoms with Crippen LogP contribution in [0.1, 0.15) is 98.2 Å². The molecule has 7 heteroatoms. The summed E-state index contributed by atoms with van der Waals surface area (Å²) in [6.07, 6.45) is 2.27. The van der Waals surface area contributed by atoms with Gasteiger partial charge in [-0.2, -0.15) is 0 Å². The van der Waals surface area contributed by atoms with Gasteiger partial charge in [0.15, 0.2) is 0 Å². The number of rotatable bonds is 12. The number of amides is 3. The number of benzene rings is 1. The zero-order chi connectivity index (χ0) is 26.8. The van der Waals surface area contributed by atoms with Gasteiger partial charge in [0.05, 0.1) is 0 Å². The van der Waals surface area contributed by atoms with Gasteiger partial charge in [0.2, 0.25) is 11.8 Å². The molecular formula is C28H47N3O4. The maximum absolute atomic E-state index is 13.9. The van der Waals surface area contributed by atoms with Gasteiger partial charge in [-0.1, -0.05) is 63.9 Å². The van der Waals surface area contributed by atoms with Crippen molar-refractivity contribution >= 4 is 17.9 Å². The highest BCUT2D eigenvalue weighted by Gasteiger charge is 2.36. The number of alkyl carbamates (subject to hydrolysis) is 1. The summed E-state index contributed by atoms with van der Waals surface area (Å²) >= 11 is 0. The number of ether oxygens (including phenoxy) is 1. The molecule has 198 valence electrons. The summed E-state index contributed by atoms with van der Waals surface area (Å²) in [4.78, 5) is 41.7. The Morgan fingerprint density at radius 3 is 2.06 bits per heavy atom. The second-order valence-electron chi connectivity index (χ2n) is 10.9. The molecule has 35 heavy (non-hydrogen) atoms. The van der Waals surface area contributed by atoms with Crippen LogP contribution in [0.3, 0.4) is 0 Å². The zero-order valence-electron chi connectivity index (χ0n) is 23.2. The summed E-state index contributed by atoms with van der Waals surface area (Å²) < 4.78 is 5.42. The van der Waals surface area contributed by atoms with Crippen molar-refractivity contribution in [1.82, 2.24) is 15.5 Å². The van der Waals surface area contributed by atoms with E-state index in [0.29, 0.717) is 19.4 Å². The van der Waals surface area contributed by atoms with Crippen LogP contribution in [0.4, 0.5) is 4.79 Å². The number of carbonyl (C=O) groups excluding carboxylic acids is 3. The Bertz CT molecular complexity index is 814. The third-order valence-electron chi connectivity index (χ3n) is 5.51. The molecule has 0 aliphatic heterocycles. The summed E-state index contributed by atoms with van der Waals surface area (Å²) in [6.45, 7) is 17.7. The lowest BCUT2D eigenvalue weighted by Gasteiger charge is -2.35. The van der Waals surface area contributed by atoms with Crippen LogP contribution in [-0.4, -0.2) is 47.0 Å². The van der Waals surface area contributed by atoms with Crippen LogP contribution < -0.4 is 10.6 Å². The van der Waals surface area contributed by atoms with Gasteiger partial charge >= 0.3 is 6.09 Å². The van der Waals surface area contributed by atoms with Crippen molar-refractivity contribution in [3.63, 3.8) is 0 Å². The van der Waals surface area contributed by atoms with E-state index >= 15 is 0 Å². The van der Waals surface area contributed by atoms with Crippen molar-refractivity contribution in [1.29, 1.82) is 0 Å². The predicted molar refractivity (Wildman–Crippen MR) is 141 cm³/mol. The van der Waals surface area contributed by atoms with Crippen LogP contribution >= 0.6 is 0 Å². The van der Waals surface area contributed by atoms with Crippen LogP contribution in [0.2, 0.25) is 0 Å². The van der Waals surface area contributed by atoms with Gasteiger partial charge in [0.25, 0.3) is 0 Å². The molecule has 1 aromatic carbocycles. The van der Waals surface area contributed by atoms with Crippen LogP contribution in [0.15, 0.2) is 24.3 Å². The first-order chi connectivity index (χ1) is 16.3. The Morgan fingerprint density at radius 1 is 0.971 bits per heavy atom. The second-order valence-corrected chi connectivity index (χ2v) is 10.9. The molecule has 0 aliphatic carbocycles. The molecule has 0 spiro atoms. The smallest absolute Gasteiger partial charge is 0.408 e. The molecule has 0 saturated heterocycles. The van der Waals surface area contributed by atoms with Gasteiger partial charge in [0, 0.05) is 12.6 Å². The van der Waals surface area contributed by atoms with Crippen molar-refractivity contribution in [2.75, 3.05) is 6.54 Å². The minimum atomic E-state index is -0.801. The molecule has 7 nitrogen and oxygen atoms in total. The fourth-order valence-corrected chi connectivity index (χ4v) is 4.00. The van der Waals surface area contributed by atoms with E-state index < -0.39 is 23.8 Å². The van der Waals surface area contributed by atoms with Crippen molar-refractivity contribution in [3.05, 3.63) is 35.4 Å². The zero-order valence-corrected chi connectivity index (χ0v) is 23.2. The Morgan fingerprint density at radius 2 is 1.57 bits per heavy atom. The van der Waals surface area contributed by atoms with E-state index in [1.54, 1.807) is 25.7 Å². The van der Waals surface area contributed by atoms with E-state index in [-0.39, 0.29) is 23.8 Å². The van der Waals surface area contributed by atoms with E-state index in [4.69, 9.17) is 4.74 Å². The number of hydrogen-bond acceptors (Lipinski definition) is 4. The van der Waals surface area contributed by atoms with E-state index in [1.807, 2.05) is 58.9 Å². The Kier molecular flexibility index (Phi) is 12.3. The highest BCUT2D eigenvalue weighted by atomic mass is 16.6. The lowest BCUT2D eigenvalue weighted by Crippen LogP contribution is -2.54. The Labute approximate surface area is 212 Å². The SMILES string of the molecule is CCCC(C)NC(=O)C(c1ccc(C)cc1)N(CCC)C(=O)C(CC(C)C)NC(=O)OC(C)(C)C. The van der Waals surface area contributed by atoms with Crippen molar-refractivity contribution < 1.29 is 19.1 Å². The van der Waals surface area contributed by atoms with Crippen LogP contribution in [0.25, 0.3) is 0 Å². The molecule has 3 atom stereocenters. The molecule has 0 aromatic heterocycles. The van der Waals surface area contributed by atoms with Crippen molar-refractivity contribution in [3.8, 4) is 0 Å². The fourth-order valence-electron chi connectivity index (χ4n) is 4.00. The van der Waals surface area contributed by atoms with Gasteiger partial charge in [-0.3, -0.25) is 9.59 Å². The molecule has 1 rings (SSSR count). The summed E-state index contributed by atoms with van der Waals surface area (Å²) in [5.41, 5.74) is 1.14. The standard InChI is InChI=1S/C28H47N3O4/c1-10-12-21(6)29-25(32)24(22-15-13-20(5)14-16-22)31(17-11-2)26(33)23(18-19(3)4)30-27(34)35-28(7,8)9/h13-16,19,21,23-24H,10-12,17-18H2,1-9H3,(H,29,32)(H,30,34). The molecule has 0 bridgehead atoms. The molecule has 0 radical (unpaired) electrons. The monoisotopic (exact) mass is 489 g/mol. The maximum atomic E-state index is 13.9. The van der Waals surface area contributed by atoms with Crippen LogP contribution in [-0.2, 0) is 14.3 Å². The third kappa shape index (κ3) is 10.7. The number of nitrogens with zero attached hydrogens (tertiary/aromatic N) is 1. The number of nitrogens with one attached hydrogen (secondary N) is 2. The van der Waals surface area contributed by atoms with E-state index in [2.05, 4.69) is 17.6 Å². The Hall–Kier alpha value is -2.57. The van der Waals surface area contributed by atoms with Gasteiger partial charge in [-0.05, 0) is 65.4 Å². The summed E-state index contributed by atoms with van der Waals surface area (Å²) in [6, 6.07) is 6.10. The number of aryl methyl sites for hydroxylation is 1. The molecular weight excluding hydrogens is 442 g/mol. The lowest BCUT2D eigenvalue weighted by molar-refractivity contribution is -0.143. The van der Waals surface area contributed by atoms with Crippen LogP contribution in [0.5, 0.6) is 0 Å². The number of carbonyl (C=O) groups is 3. The van der Waals surface area contributed by atoms with Crippen molar-refractivity contribution in [2.45, 2.75) is 112 Å². The molecule has 2 N–H and O–H groups in total. The normalized spacial score (nSPS) is 14.1. The quantitative estimate of drug-likeness (QED) is 0.405. The molecule has 3 amide bonds. The first kappa shape index (κ1) is 30.5. The highest BCUT2D eigenvalue weighted by molar-refractivity contribution is 5.92. The average molecular weight is 490 g/mol. The van der Waals surface area contributed by atoms with Gasteiger partial charge in [-0.15, -0.1) is 0 Å². The van der Waals surface area contributed by atoms with Crippen LogP contribution in [0, 0.1) is 12.8 Å². The second kappa shape index (κ2) is 14.1. The first-order valence-corrected chi connectivity index (χ1v) is 13.0. The molecule has 0 heterocycles. The molecule has 0 saturated carbocycles. The molecule has 0 fully saturated rings. The van der Waals surface area contributed by atoms with Gasteiger partial charge in [-0.25, -0.2) is 4.79 Å². The summed E-state index contributed by atoms with van der Waals surface area (Å²) in [7, 11) is 0. The summed E-state index contributed by atoms with van der Waals surface area (Å²) in [5, 5.41) is 5.87. The Balaban J connectivity index is 3.40. The van der Waals surface area contributed by atoms with E-state index in [1.165, 1.54) is 0 Å². The maximum Gasteiger partial charge on any atom is 0.408 e. The highest BCUT2D eigenvalue weighted by Crippen LogP contribution is 2.25. The predicted octanol–water partition coefficient (Wildman–Crippen LogP) is 5.52.